The Morgan fingerprint density at radius 3 is 2.60 bits per heavy atom. The Bertz CT molecular complexity index is 325. The first kappa shape index (κ1) is 11.8. The molecule has 0 amide bonds. The zero-order valence-electron chi connectivity index (χ0n) is 8.25. The molecule has 0 spiro atoms. The molecule has 15 heavy (non-hydrogen) atoms. The van der Waals surface area contributed by atoms with E-state index in [2.05, 4.69) is 4.98 Å². The molecule has 1 aromatic rings. The Morgan fingerprint density at radius 2 is 2.07 bits per heavy atom. The third-order valence-corrected chi connectivity index (χ3v) is 1.71. The lowest BCUT2D eigenvalue weighted by Gasteiger charge is -2.17. The summed E-state index contributed by atoms with van der Waals surface area (Å²) >= 11 is 0. The molecule has 0 radical (unpaired) electrons. The van der Waals surface area contributed by atoms with Crippen molar-refractivity contribution in [3.8, 4) is 0 Å². The molecule has 0 atom stereocenters. The predicted molar refractivity (Wildman–Crippen MR) is 51.0 cm³/mol. The summed E-state index contributed by atoms with van der Waals surface area (Å²) in [5.74, 6) is 0.313. The molecule has 0 saturated carbocycles. The van der Waals surface area contributed by atoms with Crippen molar-refractivity contribution in [1.29, 1.82) is 0 Å². The minimum atomic E-state index is -4.19. The highest BCUT2D eigenvalue weighted by Gasteiger charge is 2.29. The van der Waals surface area contributed by atoms with Crippen LogP contribution in [0.2, 0.25) is 0 Å². The second kappa shape index (κ2) is 4.48. The fraction of sp³-hybridized carbons (Fsp3) is 0.444. The quantitative estimate of drug-likeness (QED) is 0.840. The first-order valence-corrected chi connectivity index (χ1v) is 4.33. The van der Waals surface area contributed by atoms with E-state index in [9.17, 15) is 13.2 Å². The highest BCUT2D eigenvalue weighted by molar-refractivity contribution is 5.28. The number of alkyl halides is 3. The fourth-order valence-electron chi connectivity index (χ4n) is 1.22. The second-order valence-corrected chi connectivity index (χ2v) is 3.34. The summed E-state index contributed by atoms with van der Waals surface area (Å²) in [5, 5.41) is 0. The van der Waals surface area contributed by atoms with Crippen LogP contribution in [0.5, 0.6) is 0 Å². The van der Waals surface area contributed by atoms with E-state index in [-0.39, 0.29) is 6.54 Å². The van der Waals surface area contributed by atoms with Gasteiger partial charge in [0.15, 0.2) is 0 Å². The van der Waals surface area contributed by atoms with E-state index in [0.717, 1.165) is 4.90 Å². The van der Waals surface area contributed by atoms with Crippen molar-refractivity contribution >= 4 is 5.82 Å². The maximum Gasteiger partial charge on any atom is 0.401 e. The first-order chi connectivity index (χ1) is 6.87. The topological polar surface area (TPSA) is 42.1 Å². The molecule has 0 aliphatic heterocycles. The summed E-state index contributed by atoms with van der Waals surface area (Å²) in [4.78, 5) is 5.05. The molecule has 0 saturated heterocycles. The number of hydrogen-bond donors (Lipinski definition) is 1. The summed E-state index contributed by atoms with van der Waals surface area (Å²) in [5.41, 5.74) is 5.94. The minimum absolute atomic E-state index is 0.130. The van der Waals surface area contributed by atoms with E-state index in [4.69, 9.17) is 5.73 Å². The van der Waals surface area contributed by atoms with Gasteiger partial charge in [0.1, 0.15) is 5.82 Å². The Balaban J connectivity index is 2.55. The number of aromatic nitrogens is 1. The van der Waals surface area contributed by atoms with Gasteiger partial charge in [-0.05, 0) is 19.2 Å². The van der Waals surface area contributed by atoms with Crippen LogP contribution < -0.4 is 5.73 Å². The normalized spacial score (nSPS) is 12.1. The molecule has 0 aliphatic carbocycles. The van der Waals surface area contributed by atoms with Crippen LogP contribution in [0.3, 0.4) is 0 Å². The van der Waals surface area contributed by atoms with Crippen LogP contribution in [0.1, 0.15) is 5.69 Å². The van der Waals surface area contributed by atoms with Crippen LogP contribution in [0.4, 0.5) is 19.0 Å². The number of rotatable bonds is 3. The monoisotopic (exact) mass is 219 g/mol. The van der Waals surface area contributed by atoms with Crippen molar-refractivity contribution in [2.45, 2.75) is 12.7 Å². The SMILES string of the molecule is CN(Cc1cccc(N)n1)CC(F)(F)F. The smallest absolute Gasteiger partial charge is 0.384 e. The summed E-state index contributed by atoms with van der Waals surface area (Å²) in [6.07, 6.45) is -4.19. The minimum Gasteiger partial charge on any atom is -0.384 e. The van der Waals surface area contributed by atoms with Gasteiger partial charge in [-0.3, -0.25) is 4.90 Å². The molecule has 0 bridgehead atoms. The van der Waals surface area contributed by atoms with Crippen LogP contribution in [0.25, 0.3) is 0 Å². The standard InChI is InChI=1S/C9H12F3N3/c1-15(6-9(10,11)12)5-7-3-2-4-8(13)14-7/h2-4H,5-6H2,1H3,(H2,13,14). The van der Waals surface area contributed by atoms with Gasteiger partial charge in [-0.2, -0.15) is 13.2 Å². The number of nitrogens with zero attached hydrogens (tertiary/aromatic N) is 2. The molecule has 3 nitrogen and oxygen atoms in total. The molecular weight excluding hydrogens is 207 g/mol. The lowest BCUT2D eigenvalue weighted by atomic mass is 10.3. The number of nitrogens with two attached hydrogens (primary N) is 1. The maximum absolute atomic E-state index is 12.0. The number of halogens is 3. The number of anilines is 1. The summed E-state index contributed by atoms with van der Waals surface area (Å²) < 4.78 is 36.0. The van der Waals surface area contributed by atoms with E-state index >= 15 is 0 Å². The zero-order valence-corrected chi connectivity index (χ0v) is 8.25. The van der Waals surface area contributed by atoms with Gasteiger partial charge in [0.2, 0.25) is 0 Å². The Labute approximate surface area is 85.7 Å². The lowest BCUT2D eigenvalue weighted by molar-refractivity contribution is -0.144. The van der Waals surface area contributed by atoms with Crippen LogP contribution in [-0.4, -0.2) is 29.7 Å². The van der Waals surface area contributed by atoms with Crippen LogP contribution in [0.15, 0.2) is 18.2 Å². The van der Waals surface area contributed by atoms with Crippen LogP contribution in [0, 0.1) is 0 Å². The van der Waals surface area contributed by atoms with E-state index in [1.807, 2.05) is 0 Å². The molecule has 1 aromatic heterocycles. The molecule has 0 aromatic carbocycles. The number of hydrogen-bond acceptors (Lipinski definition) is 3. The predicted octanol–water partition coefficient (Wildman–Crippen LogP) is 1.66. The number of nitrogen functional groups attached to an aromatic ring is 1. The molecule has 0 fully saturated rings. The van der Waals surface area contributed by atoms with E-state index in [1.165, 1.54) is 7.05 Å². The molecule has 0 aliphatic rings. The van der Waals surface area contributed by atoms with Gasteiger partial charge < -0.3 is 5.73 Å². The van der Waals surface area contributed by atoms with Crippen molar-refractivity contribution in [3.63, 3.8) is 0 Å². The third kappa shape index (κ3) is 4.64. The molecule has 0 unspecified atom stereocenters. The van der Waals surface area contributed by atoms with Crippen molar-refractivity contribution in [2.75, 3.05) is 19.3 Å². The molecule has 1 rings (SSSR count). The second-order valence-electron chi connectivity index (χ2n) is 3.34. The van der Waals surface area contributed by atoms with E-state index in [0.29, 0.717) is 11.5 Å². The van der Waals surface area contributed by atoms with Gasteiger partial charge in [0.05, 0.1) is 12.2 Å². The average molecular weight is 219 g/mol. The van der Waals surface area contributed by atoms with Crippen molar-refractivity contribution in [3.05, 3.63) is 23.9 Å². The highest BCUT2D eigenvalue weighted by Crippen LogP contribution is 2.16. The Morgan fingerprint density at radius 1 is 1.40 bits per heavy atom. The zero-order chi connectivity index (χ0) is 11.5. The molecule has 6 heteroatoms. The summed E-state index contributed by atoms with van der Waals surface area (Å²) in [7, 11) is 1.39. The van der Waals surface area contributed by atoms with E-state index in [1.54, 1.807) is 18.2 Å². The van der Waals surface area contributed by atoms with Gasteiger partial charge in [-0.15, -0.1) is 0 Å². The average Bonchev–Trinajstić information content (AvgIpc) is 1.99. The van der Waals surface area contributed by atoms with Crippen LogP contribution in [-0.2, 0) is 6.54 Å². The lowest BCUT2D eigenvalue weighted by Crippen LogP contribution is -2.30. The molecule has 1 heterocycles. The van der Waals surface area contributed by atoms with Gasteiger partial charge >= 0.3 is 6.18 Å². The van der Waals surface area contributed by atoms with Gasteiger partial charge in [0.25, 0.3) is 0 Å². The van der Waals surface area contributed by atoms with Crippen molar-refractivity contribution in [2.24, 2.45) is 0 Å². The van der Waals surface area contributed by atoms with Crippen molar-refractivity contribution in [1.82, 2.24) is 9.88 Å². The maximum atomic E-state index is 12.0. The highest BCUT2D eigenvalue weighted by atomic mass is 19.4. The third-order valence-electron chi connectivity index (χ3n) is 1.71. The van der Waals surface area contributed by atoms with Gasteiger partial charge in [-0.1, -0.05) is 6.07 Å². The molecule has 84 valence electrons. The molecular formula is C9H12F3N3. The van der Waals surface area contributed by atoms with Gasteiger partial charge in [0, 0.05) is 6.54 Å². The van der Waals surface area contributed by atoms with Crippen LogP contribution >= 0.6 is 0 Å². The fourth-order valence-corrected chi connectivity index (χ4v) is 1.22. The Kier molecular flexibility index (Phi) is 3.52. The van der Waals surface area contributed by atoms with E-state index < -0.39 is 12.7 Å². The number of pyridine rings is 1. The van der Waals surface area contributed by atoms with Gasteiger partial charge in [-0.25, -0.2) is 4.98 Å². The molecule has 2 N–H and O–H groups in total. The summed E-state index contributed by atoms with van der Waals surface area (Å²) in [6, 6.07) is 4.90. The van der Waals surface area contributed by atoms with Crippen molar-refractivity contribution < 1.29 is 13.2 Å². The summed E-state index contributed by atoms with van der Waals surface area (Å²) in [6.45, 7) is -0.825. The Hall–Kier alpha value is -1.30. The largest absolute Gasteiger partial charge is 0.401 e. The first-order valence-electron chi connectivity index (χ1n) is 4.33.